The molecule has 2 rings (SSSR count). The molecule has 1 aliphatic rings. The Bertz CT molecular complexity index is 419. The van der Waals surface area contributed by atoms with Crippen molar-refractivity contribution in [1.82, 2.24) is 5.32 Å². The summed E-state index contributed by atoms with van der Waals surface area (Å²) in [6.45, 7) is 2.57. The number of carbonyl (C=O) groups excluding carboxylic acids is 1. The van der Waals surface area contributed by atoms with Crippen LogP contribution in [-0.2, 0) is 4.74 Å². The number of methoxy groups -OCH3 is 1. The fourth-order valence-corrected chi connectivity index (χ4v) is 1.64. The van der Waals surface area contributed by atoms with E-state index in [4.69, 9.17) is 14.2 Å². The average Bonchev–Trinajstić information content (AvgIpc) is 2.75. The molecule has 0 saturated heterocycles. The lowest BCUT2D eigenvalue weighted by atomic mass is 10.2. The number of nitrogens with one attached hydrogen (secondary N) is 1. The molecular weight excluding hydrogens is 222 g/mol. The second-order valence-electron chi connectivity index (χ2n) is 3.90. The zero-order valence-electron chi connectivity index (χ0n) is 9.86. The van der Waals surface area contributed by atoms with E-state index in [-0.39, 0.29) is 18.7 Å². The molecule has 92 valence electrons. The van der Waals surface area contributed by atoms with Crippen molar-refractivity contribution in [3.63, 3.8) is 0 Å². The normalized spacial score (nSPS) is 14.5. The molecule has 17 heavy (non-hydrogen) atoms. The quantitative estimate of drug-likeness (QED) is 0.854. The molecule has 1 atom stereocenters. The molecule has 1 N–H and O–H groups in total. The summed E-state index contributed by atoms with van der Waals surface area (Å²) in [7, 11) is 1.60. The van der Waals surface area contributed by atoms with E-state index in [1.165, 1.54) is 0 Å². The molecule has 1 aromatic rings. The molecule has 1 heterocycles. The lowest BCUT2D eigenvalue weighted by Gasteiger charge is -2.12. The van der Waals surface area contributed by atoms with Crippen molar-refractivity contribution in [1.29, 1.82) is 0 Å². The molecule has 0 spiro atoms. The second kappa shape index (κ2) is 5.05. The third kappa shape index (κ3) is 2.68. The van der Waals surface area contributed by atoms with E-state index in [2.05, 4.69) is 5.32 Å². The Morgan fingerprint density at radius 2 is 2.24 bits per heavy atom. The van der Waals surface area contributed by atoms with Crippen LogP contribution in [0.15, 0.2) is 18.2 Å². The molecule has 0 aromatic heterocycles. The topological polar surface area (TPSA) is 56.8 Å². The number of benzene rings is 1. The largest absolute Gasteiger partial charge is 0.454 e. The Balaban J connectivity index is 2.04. The Hall–Kier alpha value is -1.75. The third-order valence-electron chi connectivity index (χ3n) is 2.43. The molecule has 1 amide bonds. The van der Waals surface area contributed by atoms with Gasteiger partial charge in [0, 0.05) is 18.7 Å². The second-order valence-corrected chi connectivity index (χ2v) is 3.90. The average molecular weight is 237 g/mol. The monoisotopic (exact) mass is 237 g/mol. The summed E-state index contributed by atoms with van der Waals surface area (Å²) >= 11 is 0. The van der Waals surface area contributed by atoms with Gasteiger partial charge in [-0.3, -0.25) is 4.79 Å². The molecule has 0 bridgehead atoms. The van der Waals surface area contributed by atoms with Crippen molar-refractivity contribution in [3.05, 3.63) is 23.8 Å². The van der Waals surface area contributed by atoms with Crippen LogP contribution in [0.3, 0.4) is 0 Å². The maximum Gasteiger partial charge on any atom is 0.251 e. The van der Waals surface area contributed by atoms with Crippen LogP contribution in [0.25, 0.3) is 0 Å². The third-order valence-corrected chi connectivity index (χ3v) is 2.43. The van der Waals surface area contributed by atoms with Crippen LogP contribution in [0.4, 0.5) is 0 Å². The van der Waals surface area contributed by atoms with E-state index < -0.39 is 0 Å². The first-order valence-corrected chi connectivity index (χ1v) is 5.40. The van der Waals surface area contributed by atoms with Crippen LogP contribution in [0.1, 0.15) is 17.3 Å². The van der Waals surface area contributed by atoms with Gasteiger partial charge in [-0.15, -0.1) is 0 Å². The molecule has 5 nitrogen and oxygen atoms in total. The maximum absolute atomic E-state index is 11.9. The van der Waals surface area contributed by atoms with Crippen molar-refractivity contribution >= 4 is 5.91 Å². The number of rotatable bonds is 4. The van der Waals surface area contributed by atoms with Crippen molar-refractivity contribution in [2.75, 3.05) is 20.5 Å². The maximum atomic E-state index is 11.9. The molecule has 0 unspecified atom stereocenters. The van der Waals surface area contributed by atoms with Crippen LogP contribution in [0, 0.1) is 0 Å². The minimum absolute atomic E-state index is 0.0297. The number of amides is 1. The van der Waals surface area contributed by atoms with Crippen molar-refractivity contribution in [3.8, 4) is 11.5 Å². The highest BCUT2D eigenvalue weighted by Gasteiger charge is 2.16. The molecule has 1 aliphatic heterocycles. The summed E-state index contributed by atoms with van der Waals surface area (Å²) in [5.41, 5.74) is 0.553. The predicted octanol–water partition coefficient (Wildman–Crippen LogP) is 1.18. The van der Waals surface area contributed by atoms with Gasteiger partial charge in [-0.2, -0.15) is 0 Å². The van der Waals surface area contributed by atoms with Gasteiger partial charge in [-0.1, -0.05) is 0 Å². The summed E-state index contributed by atoms with van der Waals surface area (Å²) in [6, 6.07) is 5.09. The van der Waals surface area contributed by atoms with E-state index in [0.717, 1.165) is 0 Å². The number of hydrogen-bond acceptors (Lipinski definition) is 4. The summed E-state index contributed by atoms with van der Waals surface area (Å²) in [5.74, 6) is 1.14. The Kier molecular flexibility index (Phi) is 3.49. The minimum atomic E-state index is -0.146. The van der Waals surface area contributed by atoms with Gasteiger partial charge < -0.3 is 19.5 Å². The van der Waals surface area contributed by atoms with E-state index in [9.17, 15) is 4.79 Å². The minimum Gasteiger partial charge on any atom is -0.454 e. The SMILES string of the molecule is COC[C@H](C)NC(=O)c1ccc2c(c1)OCO2. The van der Waals surface area contributed by atoms with Gasteiger partial charge >= 0.3 is 0 Å². The molecule has 5 heteroatoms. The summed E-state index contributed by atoms with van der Waals surface area (Å²) in [6.07, 6.45) is 0. The van der Waals surface area contributed by atoms with Crippen molar-refractivity contribution in [2.24, 2.45) is 0 Å². The lowest BCUT2D eigenvalue weighted by Crippen LogP contribution is -2.35. The van der Waals surface area contributed by atoms with Crippen molar-refractivity contribution < 1.29 is 19.0 Å². The highest BCUT2D eigenvalue weighted by molar-refractivity contribution is 5.95. The highest BCUT2D eigenvalue weighted by atomic mass is 16.7. The Morgan fingerprint density at radius 1 is 1.47 bits per heavy atom. The van der Waals surface area contributed by atoms with E-state index in [0.29, 0.717) is 23.7 Å². The van der Waals surface area contributed by atoms with Gasteiger partial charge in [0.15, 0.2) is 11.5 Å². The van der Waals surface area contributed by atoms with Gasteiger partial charge in [0.1, 0.15) is 0 Å². The molecule has 1 aromatic carbocycles. The van der Waals surface area contributed by atoms with Crippen LogP contribution in [0.5, 0.6) is 11.5 Å². The van der Waals surface area contributed by atoms with Gasteiger partial charge in [0.2, 0.25) is 6.79 Å². The predicted molar refractivity (Wildman–Crippen MR) is 61.4 cm³/mol. The summed E-state index contributed by atoms with van der Waals surface area (Å²) in [4.78, 5) is 11.9. The number of hydrogen-bond donors (Lipinski definition) is 1. The van der Waals surface area contributed by atoms with Gasteiger partial charge in [0.05, 0.1) is 6.61 Å². The van der Waals surface area contributed by atoms with E-state index in [1.807, 2.05) is 6.92 Å². The summed E-state index contributed by atoms with van der Waals surface area (Å²) in [5, 5.41) is 2.83. The fourth-order valence-electron chi connectivity index (χ4n) is 1.64. The van der Waals surface area contributed by atoms with Crippen LogP contribution >= 0.6 is 0 Å². The van der Waals surface area contributed by atoms with E-state index in [1.54, 1.807) is 25.3 Å². The lowest BCUT2D eigenvalue weighted by molar-refractivity contribution is 0.0905. The first-order valence-electron chi connectivity index (χ1n) is 5.40. The molecule has 0 saturated carbocycles. The first kappa shape index (κ1) is 11.7. The first-order chi connectivity index (χ1) is 8.20. The Morgan fingerprint density at radius 3 is 3.00 bits per heavy atom. The number of fused-ring (bicyclic) bond motifs is 1. The smallest absolute Gasteiger partial charge is 0.251 e. The van der Waals surface area contributed by atoms with Crippen molar-refractivity contribution in [2.45, 2.75) is 13.0 Å². The zero-order valence-corrected chi connectivity index (χ0v) is 9.86. The summed E-state index contributed by atoms with van der Waals surface area (Å²) < 4.78 is 15.3. The number of ether oxygens (including phenoxy) is 3. The highest BCUT2D eigenvalue weighted by Crippen LogP contribution is 2.32. The van der Waals surface area contributed by atoms with Crippen LogP contribution in [0.2, 0.25) is 0 Å². The zero-order chi connectivity index (χ0) is 12.3. The fraction of sp³-hybridized carbons (Fsp3) is 0.417. The standard InChI is InChI=1S/C12H15NO4/c1-8(6-15-2)13-12(14)9-3-4-10-11(5-9)17-7-16-10/h3-5,8H,6-7H2,1-2H3,(H,13,14)/t8-/m0/s1. The molecule has 0 radical (unpaired) electrons. The molecule has 0 aliphatic carbocycles. The van der Waals surface area contributed by atoms with Gasteiger partial charge in [-0.25, -0.2) is 0 Å². The Labute approximate surface area is 99.7 Å². The van der Waals surface area contributed by atoms with Crippen LogP contribution < -0.4 is 14.8 Å². The number of carbonyl (C=O) groups is 1. The molecular formula is C12H15NO4. The molecule has 0 fully saturated rings. The van der Waals surface area contributed by atoms with Gasteiger partial charge in [0.25, 0.3) is 5.91 Å². The van der Waals surface area contributed by atoms with Gasteiger partial charge in [-0.05, 0) is 25.1 Å². The van der Waals surface area contributed by atoms with Crippen LogP contribution in [-0.4, -0.2) is 32.5 Å². The van der Waals surface area contributed by atoms with E-state index >= 15 is 0 Å².